The lowest BCUT2D eigenvalue weighted by molar-refractivity contribution is 0.0915. The van der Waals surface area contributed by atoms with E-state index in [0.717, 1.165) is 5.56 Å². The summed E-state index contributed by atoms with van der Waals surface area (Å²) in [6, 6.07) is 5.50. The molecule has 2 N–H and O–H groups in total. The number of carbonyl (C=O) groups excluding carboxylic acids is 1. The van der Waals surface area contributed by atoms with Gasteiger partial charge < -0.3 is 4.74 Å². The Morgan fingerprint density at radius 1 is 1.16 bits per heavy atom. The van der Waals surface area contributed by atoms with Crippen LogP contribution >= 0.6 is 0 Å². The maximum absolute atomic E-state index is 12.6. The van der Waals surface area contributed by atoms with Crippen molar-refractivity contribution in [2.75, 3.05) is 7.11 Å². The van der Waals surface area contributed by atoms with Crippen molar-refractivity contribution in [1.82, 2.24) is 10.9 Å². The van der Waals surface area contributed by atoms with Crippen LogP contribution < -0.4 is 15.6 Å². The van der Waals surface area contributed by atoms with Crippen LogP contribution in [0.2, 0.25) is 0 Å². The second kappa shape index (κ2) is 8.05. The minimum Gasteiger partial charge on any atom is -0.496 e. The van der Waals surface area contributed by atoms with Crippen molar-refractivity contribution >= 4 is 5.91 Å². The molecule has 0 aromatic heterocycles. The van der Waals surface area contributed by atoms with Crippen LogP contribution in [0.4, 0.5) is 0 Å². The molecular weight excluding hydrogens is 312 g/mol. The Morgan fingerprint density at radius 3 is 2.24 bits per heavy atom. The predicted octanol–water partition coefficient (Wildman–Crippen LogP) is 4.65. The fourth-order valence-corrected chi connectivity index (χ4v) is 2.30. The maximum Gasteiger partial charge on any atom is 0.265 e. The minimum absolute atomic E-state index is 0.0154. The van der Waals surface area contributed by atoms with Gasteiger partial charge in [-0.2, -0.15) is 0 Å². The van der Waals surface area contributed by atoms with E-state index in [9.17, 15) is 4.79 Å². The SMILES string of the molecule is COc1cccc(C(=O)NNC(/C=C(\C)C(C)(C)C)C(C)(C)C)c1C. The number of hydrogen-bond donors (Lipinski definition) is 2. The summed E-state index contributed by atoms with van der Waals surface area (Å²) in [7, 11) is 1.61. The third kappa shape index (κ3) is 5.89. The van der Waals surface area contributed by atoms with Crippen molar-refractivity contribution in [3.05, 3.63) is 41.0 Å². The van der Waals surface area contributed by atoms with Gasteiger partial charge >= 0.3 is 0 Å². The summed E-state index contributed by atoms with van der Waals surface area (Å²) >= 11 is 0. The van der Waals surface area contributed by atoms with Gasteiger partial charge in [0.25, 0.3) is 5.91 Å². The molecule has 0 bridgehead atoms. The summed E-state index contributed by atoms with van der Waals surface area (Å²) in [6.07, 6.45) is 2.21. The van der Waals surface area contributed by atoms with E-state index in [0.29, 0.717) is 11.3 Å². The summed E-state index contributed by atoms with van der Waals surface area (Å²) in [6.45, 7) is 17.1. The van der Waals surface area contributed by atoms with E-state index in [1.807, 2.05) is 19.1 Å². The Labute approximate surface area is 153 Å². The third-order valence-corrected chi connectivity index (χ3v) is 4.62. The van der Waals surface area contributed by atoms with E-state index in [2.05, 4.69) is 65.4 Å². The minimum atomic E-state index is -0.160. The average Bonchev–Trinajstić information content (AvgIpc) is 2.48. The van der Waals surface area contributed by atoms with E-state index in [1.165, 1.54) is 5.57 Å². The Morgan fingerprint density at radius 2 is 1.76 bits per heavy atom. The fraction of sp³-hybridized carbons (Fsp3) is 0.571. The number of benzene rings is 1. The van der Waals surface area contributed by atoms with Gasteiger partial charge in [0.05, 0.1) is 7.11 Å². The number of carbonyl (C=O) groups is 1. The predicted molar refractivity (Wildman–Crippen MR) is 105 cm³/mol. The zero-order chi connectivity index (χ0) is 19.4. The van der Waals surface area contributed by atoms with Crippen LogP contribution in [0.3, 0.4) is 0 Å². The van der Waals surface area contributed by atoms with Crippen molar-refractivity contribution in [1.29, 1.82) is 0 Å². The Bertz CT molecular complexity index is 634. The van der Waals surface area contributed by atoms with Crippen LogP contribution in [0.25, 0.3) is 0 Å². The second-order valence-corrected chi connectivity index (χ2v) is 8.67. The number of methoxy groups -OCH3 is 1. The van der Waals surface area contributed by atoms with Crippen LogP contribution in [0.1, 0.15) is 64.4 Å². The number of nitrogens with one attached hydrogen (secondary N) is 2. The van der Waals surface area contributed by atoms with Crippen LogP contribution in [0.15, 0.2) is 29.8 Å². The van der Waals surface area contributed by atoms with Gasteiger partial charge in [-0.25, -0.2) is 5.43 Å². The smallest absolute Gasteiger partial charge is 0.265 e. The van der Waals surface area contributed by atoms with E-state index in [4.69, 9.17) is 4.74 Å². The molecule has 0 aliphatic carbocycles. The number of rotatable bonds is 5. The first-order valence-corrected chi connectivity index (χ1v) is 8.76. The van der Waals surface area contributed by atoms with Crippen molar-refractivity contribution in [3.63, 3.8) is 0 Å². The molecule has 0 fully saturated rings. The summed E-state index contributed by atoms with van der Waals surface area (Å²) in [4.78, 5) is 12.6. The monoisotopic (exact) mass is 346 g/mol. The molecule has 1 aromatic carbocycles. The molecule has 4 nitrogen and oxygen atoms in total. The normalized spacial score (nSPS) is 14.2. The molecule has 1 atom stereocenters. The summed E-state index contributed by atoms with van der Waals surface area (Å²) < 4.78 is 5.30. The van der Waals surface area contributed by atoms with Crippen LogP contribution in [-0.2, 0) is 0 Å². The van der Waals surface area contributed by atoms with Gasteiger partial charge in [-0.15, -0.1) is 0 Å². The highest BCUT2D eigenvalue weighted by atomic mass is 16.5. The van der Waals surface area contributed by atoms with E-state index in [1.54, 1.807) is 13.2 Å². The molecule has 4 heteroatoms. The number of hydrazine groups is 1. The average molecular weight is 347 g/mol. The van der Waals surface area contributed by atoms with Crippen molar-refractivity contribution in [2.24, 2.45) is 10.8 Å². The summed E-state index contributed by atoms with van der Waals surface area (Å²) in [5, 5.41) is 0. The van der Waals surface area contributed by atoms with E-state index >= 15 is 0 Å². The van der Waals surface area contributed by atoms with Crippen LogP contribution in [0.5, 0.6) is 5.75 Å². The fourth-order valence-electron chi connectivity index (χ4n) is 2.30. The lowest BCUT2D eigenvalue weighted by Crippen LogP contribution is -2.49. The Hall–Kier alpha value is -1.81. The largest absolute Gasteiger partial charge is 0.496 e. The molecule has 0 saturated heterocycles. The number of hydrogen-bond acceptors (Lipinski definition) is 3. The van der Waals surface area contributed by atoms with Gasteiger partial charge in [0.2, 0.25) is 0 Å². The molecule has 140 valence electrons. The highest BCUT2D eigenvalue weighted by Gasteiger charge is 2.25. The van der Waals surface area contributed by atoms with Crippen molar-refractivity contribution in [2.45, 2.75) is 61.4 Å². The molecule has 0 heterocycles. The highest BCUT2D eigenvalue weighted by molar-refractivity contribution is 5.95. The Kier molecular flexibility index (Phi) is 6.83. The van der Waals surface area contributed by atoms with Crippen molar-refractivity contribution in [3.8, 4) is 5.75 Å². The lowest BCUT2D eigenvalue weighted by Gasteiger charge is -2.32. The molecule has 25 heavy (non-hydrogen) atoms. The standard InChI is InChI=1S/C21H34N2O2/c1-14(20(3,4)5)13-18(21(6,7)8)22-23-19(24)16-11-10-12-17(25-9)15(16)2/h10-13,18,22H,1-9H3,(H,23,24)/b14-13+. The first-order chi connectivity index (χ1) is 11.4. The van der Waals surface area contributed by atoms with E-state index < -0.39 is 0 Å². The van der Waals surface area contributed by atoms with Gasteiger partial charge in [-0.05, 0) is 36.8 Å². The van der Waals surface area contributed by atoms with E-state index in [-0.39, 0.29) is 22.8 Å². The zero-order valence-corrected chi connectivity index (χ0v) is 17.2. The third-order valence-electron chi connectivity index (χ3n) is 4.62. The number of amides is 1. The maximum atomic E-state index is 12.6. The number of allylic oxidation sites excluding steroid dienone is 1. The number of ether oxygens (including phenoxy) is 1. The topological polar surface area (TPSA) is 50.4 Å². The molecule has 1 amide bonds. The first kappa shape index (κ1) is 21.2. The second-order valence-electron chi connectivity index (χ2n) is 8.67. The molecule has 1 rings (SSSR count). The molecule has 0 aliphatic heterocycles. The molecule has 0 saturated carbocycles. The molecular formula is C21H34N2O2. The highest BCUT2D eigenvalue weighted by Crippen LogP contribution is 2.28. The lowest BCUT2D eigenvalue weighted by atomic mass is 9.81. The quantitative estimate of drug-likeness (QED) is 0.603. The molecule has 0 radical (unpaired) electrons. The summed E-state index contributed by atoms with van der Waals surface area (Å²) in [5.41, 5.74) is 8.85. The van der Waals surface area contributed by atoms with Gasteiger partial charge in [0.15, 0.2) is 0 Å². The first-order valence-electron chi connectivity index (χ1n) is 8.76. The Balaban J connectivity index is 2.96. The van der Waals surface area contributed by atoms with Gasteiger partial charge in [-0.3, -0.25) is 10.2 Å². The zero-order valence-electron chi connectivity index (χ0n) is 17.2. The van der Waals surface area contributed by atoms with Crippen LogP contribution in [-0.4, -0.2) is 19.1 Å². The molecule has 1 unspecified atom stereocenters. The van der Waals surface area contributed by atoms with Crippen LogP contribution in [0, 0.1) is 17.8 Å². The molecule has 0 aliphatic rings. The van der Waals surface area contributed by atoms with Gasteiger partial charge in [-0.1, -0.05) is 59.3 Å². The summed E-state index contributed by atoms with van der Waals surface area (Å²) in [5.74, 6) is 0.552. The van der Waals surface area contributed by atoms with Crippen molar-refractivity contribution < 1.29 is 9.53 Å². The molecule has 0 spiro atoms. The van der Waals surface area contributed by atoms with Gasteiger partial charge in [0, 0.05) is 17.2 Å². The molecule has 1 aromatic rings. The van der Waals surface area contributed by atoms with Gasteiger partial charge in [0.1, 0.15) is 5.75 Å².